The van der Waals surface area contributed by atoms with Gasteiger partial charge >= 0.3 is 0 Å². The maximum Gasteiger partial charge on any atom is 0.0294 e. The van der Waals surface area contributed by atoms with Gasteiger partial charge in [-0.25, -0.2) is 0 Å². The summed E-state index contributed by atoms with van der Waals surface area (Å²) in [4.78, 5) is 2.49. The molecule has 2 fully saturated rings. The van der Waals surface area contributed by atoms with Gasteiger partial charge in [-0.3, -0.25) is 4.90 Å². The second kappa shape index (κ2) is 3.48. The largest absolute Gasteiger partial charge is 0.316 e. The van der Waals surface area contributed by atoms with Gasteiger partial charge in [0.15, 0.2) is 0 Å². The molecule has 0 radical (unpaired) electrons. The molecule has 0 bridgehead atoms. The fourth-order valence-corrected chi connectivity index (χ4v) is 2.68. The average molecular weight is 231 g/mol. The van der Waals surface area contributed by atoms with E-state index in [0.29, 0.717) is 0 Å². The first-order valence-electron chi connectivity index (χ1n) is 4.52. The number of hydrogen-bond donors (Lipinski definition) is 1. The molecule has 0 saturated carbocycles. The van der Waals surface area contributed by atoms with Gasteiger partial charge in [0.25, 0.3) is 0 Å². The molecule has 0 aromatic rings. The zero-order valence-corrected chi connectivity index (χ0v) is 8.81. The quantitative estimate of drug-likeness (QED) is 0.764. The lowest BCUT2D eigenvalue weighted by atomic mass is 10.0. The molecule has 2 saturated heterocycles. The van der Waals surface area contributed by atoms with Crippen LogP contribution in [0.25, 0.3) is 0 Å². The first-order valence-corrected chi connectivity index (χ1v) is 5.31. The molecule has 2 aliphatic rings. The van der Waals surface area contributed by atoms with Crippen molar-refractivity contribution in [2.45, 2.75) is 0 Å². The Morgan fingerprint density at radius 3 is 2.50 bits per heavy atom. The van der Waals surface area contributed by atoms with Gasteiger partial charge < -0.3 is 5.32 Å². The summed E-state index contributed by atoms with van der Waals surface area (Å²) in [5.41, 5.74) is 0. The first kappa shape index (κ1) is 8.73. The van der Waals surface area contributed by atoms with Gasteiger partial charge in [-0.1, -0.05) is 22.5 Å². The number of nitrogens with one attached hydrogen (secondary N) is 1. The number of halogens is 1. The molecule has 12 heavy (non-hydrogen) atoms. The standard InChI is InChI=1S/C9H15BrN2/c1-7(10)4-12-5-8-2-11-3-9(8)6-12/h8-9,11H,1-6H2/t8-,9+. The van der Waals surface area contributed by atoms with E-state index >= 15 is 0 Å². The summed E-state index contributed by atoms with van der Waals surface area (Å²) in [6, 6.07) is 0. The Labute approximate surface area is 82.1 Å². The van der Waals surface area contributed by atoms with E-state index in [-0.39, 0.29) is 0 Å². The van der Waals surface area contributed by atoms with Crippen LogP contribution in [0.4, 0.5) is 0 Å². The van der Waals surface area contributed by atoms with E-state index in [9.17, 15) is 0 Å². The van der Waals surface area contributed by atoms with Crippen LogP contribution in [0, 0.1) is 11.8 Å². The van der Waals surface area contributed by atoms with E-state index in [2.05, 4.69) is 32.7 Å². The molecule has 0 spiro atoms. The van der Waals surface area contributed by atoms with Crippen molar-refractivity contribution in [3.8, 4) is 0 Å². The topological polar surface area (TPSA) is 15.3 Å². The zero-order valence-electron chi connectivity index (χ0n) is 7.22. The highest BCUT2D eigenvalue weighted by atomic mass is 79.9. The summed E-state index contributed by atoms with van der Waals surface area (Å²) in [5.74, 6) is 1.80. The number of nitrogens with zero attached hydrogens (tertiary/aromatic N) is 1. The Kier molecular flexibility index (Phi) is 2.53. The van der Waals surface area contributed by atoms with Gasteiger partial charge in [0.05, 0.1) is 0 Å². The van der Waals surface area contributed by atoms with Crippen LogP contribution in [0.5, 0.6) is 0 Å². The van der Waals surface area contributed by atoms with Crippen molar-refractivity contribution in [2.24, 2.45) is 11.8 Å². The first-order chi connectivity index (χ1) is 5.75. The van der Waals surface area contributed by atoms with Crippen LogP contribution in [0.2, 0.25) is 0 Å². The van der Waals surface area contributed by atoms with E-state index in [1.807, 2.05) is 0 Å². The minimum atomic E-state index is 0.900. The van der Waals surface area contributed by atoms with Gasteiger partial charge in [0.1, 0.15) is 0 Å². The maximum atomic E-state index is 3.87. The fourth-order valence-electron chi connectivity index (χ4n) is 2.32. The summed E-state index contributed by atoms with van der Waals surface area (Å²) in [7, 11) is 0. The molecule has 2 aliphatic heterocycles. The predicted octanol–water partition coefficient (Wildman–Crippen LogP) is 1.05. The molecule has 0 amide bonds. The summed E-state index contributed by atoms with van der Waals surface area (Å²) in [5, 5.41) is 3.44. The Morgan fingerprint density at radius 1 is 1.42 bits per heavy atom. The van der Waals surface area contributed by atoms with E-state index in [1.165, 1.54) is 26.2 Å². The normalized spacial score (nSPS) is 35.4. The van der Waals surface area contributed by atoms with Gasteiger partial charge in [0.2, 0.25) is 0 Å². The van der Waals surface area contributed by atoms with E-state index in [4.69, 9.17) is 0 Å². The van der Waals surface area contributed by atoms with Crippen molar-refractivity contribution in [2.75, 3.05) is 32.7 Å². The minimum Gasteiger partial charge on any atom is -0.316 e. The second-order valence-corrected chi connectivity index (χ2v) is 5.01. The van der Waals surface area contributed by atoms with Crippen molar-refractivity contribution in [3.05, 3.63) is 11.1 Å². The number of hydrogen-bond acceptors (Lipinski definition) is 2. The summed E-state index contributed by atoms with van der Waals surface area (Å²) in [6.45, 7) is 9.83. The van der Waals surface area contributed by atoms with Crippen LogP contribution >= 0.6 is 15.9 Å². The Hall–Kier alpha value is 0.140. The van der Waals surface area contributed by atoms with Crippen molar-refractivity contribution in [3.63, 3.8) is 0 Å². The van der Waals surface area contributed by atoms with E-state index < -0.39 is 0 Å². The lowest BCUT2D eigenvalue weighted by molar-refractivity contribution is 0.345. The monoisotopic (exact) mass is 230 g/mol. The minimum absolute atomic E-state index is 0.900. The van der Waals surface area contributed by atoms with Gasteiger partial charge in [-0.15, -0.1) is 0 Å². The van der Waals surface area contributed by atoms with E-state index in [1.54, 1.807) is 0 Å². The van der Waals surface area contributed by atoms with Crippen LogP contribution in [-0.4, -0.2) is 37.6 Å². The maximum absolute atomic E-state index is 3.87. The van der Waals surface area contributed by atoms with Crippen LogP contribution in [0.3, 0.4) is 0 Å². The third-order valence-electron chi connectivity index (χ3n) is 2.86. The SMILES string of the molecule is C=C(Br)CN1C[C@H]2CNC[C@H]2C1. The van der Waals surface area contributed by atoms with Crippen molar-refractivity contribution < 1.29 is 0 Å². The van der Waals surface area contributed by atoms with Crippen LogP contribution < -0.4 is 5.32 Å². The number of likely N-dealkylation sites (tertiary alicyclic amines) is 1. The molecule has 2 heterocycles. The Balaban J connectivity index is 1.86. The molecular formula is C9H15BrN2. The molecule has 0 aromatic carbocycles. The highest BCUT2D eigenvalue weighted by molar-refractivity contribution is 9.11. The van der Waals surface area contributed by atoms with Crippen LogP contribution in [0.1, 0.15) is 0 Å². The summed E-state index contributed by atoms with van der Waals surface area (Å²) >= 11 is 3.41. The highest BCUT2D eigenvalue weighted by Gasteiger charge is 2.35. The van der Waals surface area contributed by atoms with E-state index in [0.717, 1.165) is 22.9 Å². The summed E-state index contributed by atoms with van der Waals surface area (Å²) in [6.07, 6.45) is 0. The summed E-state index contributed by atoms with van der Waals surface area (Å²) < 4.78 is 1.11. The predicted molar refractivity (Wildman–Crippen MR) is 54.4 cm³/mol. The van der Waals surface area contributed by atoms with Gasteiger partial charge in [-0.2, -0.15) is 0 Å². The lowest BCUT2D eigenvalue weighted by Crippen LogP contribution is -2.26. The molecule has 2 rings (SSSR count). The molecule has 68 valence electrons. The third-order valence-corrected chi connectivity index (χ3v) is 3.11. The molecule has 1 N–H and O–H groups in total. The molecule has 0 unspecified atom stereocenters. The third kappa shape index (κ3) is 1.73. The molecule has 0 aromatic heterocycles. The van der Waals surface area contributed by atoms with Crippen LogP contribution in [-0.2, 0) is 0 Å². The lowest BCUT2D eigenvalue weighted by Gasteiger charge is -2.15. The van der Waals surface area contributed by atoms with Gasteiger partial charge in [-0.05, 0) is 24.9 Å². The fraction of sp³-hybridized carbons (Fsp3) is 0.778. The average Bonchev–Trinajstić information content (AvgIpc) is 2.43. The van der Waals surface area contributed by atoms with Crippen molar-refractivity contribution in [1.29, 1.82) is 0 Å². The molecule has 3 heteroatoms. The van der Waals surface area contributed by atoms with Crippen molar-refractivity contribution in [1.82, 2.24) is 10.2 Å². The number of rotatable bonds is 2. The number of fused-ring (bicyclic) bond motifs is 1. The Morgan fingerprint density at radius 2 is 2.00 bits per heavy atom. The Bertz CT molecular complexity index is 181. The van der Waals surface area contributed by atoms with Gasteiger partial charge in [0, 0.05) is 24.1 Å². The second-order valence-electron chi connectivity index (χ2n) is 3.89. The highest BCUT2D eigenvalue weighted by Crippen LogP contribution is 2.26. The zero-order chi connectivity index (χ0) is 8.55. The molecule has 2 atom stereocenters. The van der Waals surface area contributed by atoms with Crippen LogP contribution in [0.15, 0.2) is 11.1 Å². The smallest absolute Gasteiger partial charge is 0.0294 e. The van der Waals surface area contributed by atoms with Crippen molar-refractivity contribution >= 4 is 15.9 Å². The molecule has 2 nitrogen and oxygen atoms in total. The molecule has 0 aliphatic carbocycles. The molecular weight excluding hydrogens is 216 g/mol.